The van der Waals surface area contributed by atoms with Crippen molar-refractivity contribution in [2.75, 3.05) is 12.3 Å². The average Bonchev–Trinajstić information content (AvgIpc) is 2.40. The van der Waals surface area contributed by atoms with Crippen molar-refractivity contribution in [3.8, 4) is 0 Å². The smallest absolute Gasteiger partial charge is 0.0463 e. The van der Waals surface area contributed by atoms with Crippen LogP contribution >= 0.6 is 35.1 Å². The topological polar surface area (TPSA) is 12.0 Å². The van der Waals surface area contributed by atoms with Gasteiger partial charge in [-0.2, -0.15) is 23.5 Å². The van der Waals surface area contributed by atoms with Gasteiger partial charge in [-0.1, -0.05) is 50.6 Å². The fourth-order valence-electron chi connectivity index (χ4n) is 2.37. The Labute approximate surface area is 130 Å². The van der Waals surface area contributed by atoms with E-state index < -0.39 is 0 Å². The van der Waals surface area contributed by atoms with Gasteiger partial charge in [0.25, 0.3) is 0 Å². The molecule has 2 rings (SSSR count). The van der Waals surface area contributed by atoms with E-state index in [4.69, 9.17) is 11.6 Å². The highest BCUT2D eigenvalue weighted by molar-refractivity contribution is 8.07. The lowest BCUT2D eigenvalue weighted by Gasteiger charge is -2.36. The maximum atomic E-state index is 6.38. The fourth-order valence-corrected chi connectivity index (χ4v) is 5.73. The van der Waals surface area contributed by atoms with Crippen LogP contribution in [-0.4, -0.2) is 28.0 Å². The first-order valence-corrected chi connectivity index (χ1v) is 9.25. The number of thioether (sulfide) groups is 2. The fraction of sp³-hybridized carbons (Fsp3) is 0.600. The summed E-state index contributed by atoms with van der Waals surface area (Å²) in [6.07, 6.45) is 0. The van der Waals surface area contributed by atoms with Crippen LogP contribution in [0.4, 0.5) is 0 Å². The lowest BCUT2D eigenvalue weighted by atomic mass is 10.0. The molecule has 0 amide bonds. The molecule has 1 aliphatic heterocycles. The number of nitrogens with one attached hydrogen (secondary N) is 1. The van der Waals surface area contributed by atoms with Crippen molar-refractivity contribution < 1.29 is 0 Å². The normalized spacial score (nSPS) is 29.2. The number of benzene rings is 1. The molecular formula is C15H22ClNS2. The molecule has 1 N–H and O–H groups in total. The van der Waals surface area contributed by atoms with E-state index in [1.165, 1.54) is 11.3 Å². The first-order valence-electron chi connectivity index (χ1n) is 6.88. The van der Waals surface area contributed by atoms with Crippen LogP contribution in [0.1, 0.15) is 32.4 Å². The second-order valence-corrected chi connectivity index (χ2v) is 8.41. The van der Waals surface area contributed by atoms with Gasteiger partial charge in [-0.25, -0.2) is 0 Å². The Morgan fingerprint density at radius 1 is 1.32 bits per heavy atom. The lowest BCUT2D eigenvalue weighted by Crippen LogP contribution is -2.37. The Hall–Kier alpha value is 0.170. The molecule has 19 heavy (non-hydrogen) atoms. The highest BCUT2D eigenvalue weighted by atomic mass is 35.5. The molecule has 106 valence electrons. The lowest BCUT2D eigenvalue weighted by molar-refractivity contribution is 0.548. The van der Waals surface area contributed by atoms with Crippen molar-refractivity contribution in [1.29, 1.82) is 0 Å². The van der Waals surface area contributed by atoms with E-state index in [1.807, 2.05) is 12.1 Å². The zero-order valence-electron chi connectivity index (χ0n) is 11.7. The van der Waals surface area contributed by atoms with E-state index in [2.05, 4.69) is 61.7 Å². The van der Waals surface area contributed by atoms with Gasteiger partial charge >= 0.3 is 0 Å². The molecule has 1 saturated heterocycles. The first-order chi connectivity index (χ1) is 9.13. The molecule has 0 aromatic heterocycles. The Morgan fingerprint density at radius 3 is 2.68 bits per heavy atom. The standard InChI is InChI=1S/C15H22ClNS2/c1-4-17-15(12-7-5-6-8-13(12)16)14-9-18-10(2)11(3)19-14/h5-8,10-11,14-15,17H,4,9H2,1-3H3. The molecule has 4 atom stereocenters. The van der Waals surface area contributed by atoms with Crippen molar-refractivity contribution in [3.63, 3.8) is 0 Å². The summed E-state index contributed by atoms with van der Waals surface area (Å²) >= 11 is 10.6. The highest BCUT2D eigenvalue weighted by Gasteiger charge is 2.32. The van der Waals surface area contributed by atoms with Crippen molar-refractivity contribution >= 4 is 35.1 Å². The third kappa shape index (κ3) is 3.84. The summed E-state index contributed by atoms with van der Waals surface area (Å²) in [6, 6.07) is 8.59. The van der Waals surface area contributed by atoms with Gasteiger partial charge < -0.3 is 5.32 Å². The second kappa shape index (κ2) is 7.26. The maximum absolute atomic E-state index is 6.38. The van der Waals surface area contributed by atoms with Gasteiger partial charge in [-0.05, 0) is 18.2 Å². The first kappa shape index (κ1) is 15.6. The maximum Gasteiger partial charge on any atom is 0.0463 e. The molecule has 1 aliphatic rings. The number of hydrogen-bond donors (Lipinski definition) is 1. The molecule has 0 saturated carbocycles. The Morgan fingerprint density at radius 2 is 2.05 bits per heavy atom. The van der Waals surface area contributed by atoms with Crippen LogP contribution < -0.4 is 5.32 Å². The molecule has 1 heterocycles. The van der Waals surface area contributed by atoms with Crippen LogP contribution in [0.25, 0.3) is 0 Å². The van der Waals surface area contributed by atoms with E-state index in [-0.39, 0.29) is 0 Å². The van der Waals surface area contributed by atoms with Crippen molar-refractivity contribution in [3.05, 3.63) is 34.9 Å². The van der Waals surface area contributed by atoms with Crippen LogP contribution in [0.5, 0.6) is 0 Å². The van der Waals surface area contributed by atoms with Crippen LogP contribution in [0.15, 0.2) is 24.3 Å². The second-order valence-electron chi connectivity index (χ2n) is 4.97. The van der Waals surface area contributed by atoms with Crippen molar-refractivity contribution in [2.45, 2.75) is 42.6 Å². The Kier molecular flexibility index (Phi) is 5.94. The van der Waals surface area contributed by atoms with E-state index in [1.54, 1.807) is 0 Å². The van der Waals surface area contributed by atoms with E-state index in [9.17, 15) is 0 Å². The van der Waals surface area contributed by atoms with Gasteiger partial charge in [0.15, 0.2) is 0 Å². The van der Waals surface area contributed by atoms with Crippen molar-refractivity contribution in [1.82, 2.24) is 5.32 Å². The monoisotopic (exact) mass is 315 g/mol. The zero-order valence-corrected chi connectivity index (χ0v) is 14.1. The predicted molar refractivity (Wildman–Crippen MR) is 90.6 cm³/mol. The zero-order chi connectivity index (χ0) is 13.8. The Balaban J connectivity index is 2.19. The Bertz CT molecular complexity index is 413. The molecule has 0 spiro atoms. The van der Waals surface area contributed by atoms with Gasteiger partial charge in [-0.3, -0.25) is 0 Å². The summed E-state index contributed by atoms with van der Waals surface area (Å²) in [6.45, 7) is 7.80. The molecular weight excluding hydrogens is 294 g/mol. The highest BCUT2D eigenvalue weighted by Crippen LogP contribution is 2.42. The quantitative estimate of drug-likeness (QED) is 0.871. The molecule has 4 unspecified atom stereocenters. The summed E-state index contributed by atoms with van der Waals surface area (Å²) in [5.41, 5.74) is 1.24. The summed E-state index contributed by atoms with van der Waals surface area (Å²) in [7, 11) is 0. The third-order valence-electron chi connectivity index (χ3n) is 3.61. The molecule has 1 nitrogen and oxygen atoms in total. The minimum atomic E-state index is 0.353. The SMILES string of the molecule is CCNC(c1ccccc1Cl)C1CSC(C)C(C)S1. The van der Waals surface area contributed by atoms with Gasteiger partial charge in [0.05, 0.1) is 0 Å². The van der Waals surface area contributed by atoms with Crippen LogP contribution in [0, 0.1) is 0 Å². The number of halogens is 1. The summed E-state index contributed by atoms with van der Waals surface area (Å²) in [5, 5.41) is 6.55. The van der Waals surface area contributed by atoms with E-state index >= 15 is 0 Å². The van der Waals surface area contributed by atoms with Crippen molar-refractivity contribution in [2.24, 2.45) is 0 Å². The number of hydrogen-bond acceptors (Lipinski definition) is 3. The molecule has 0 bridgehead atoms. The molecule has 1 aromatic carbocycles. The van der Waals surface area contributed by atoms with Crippen LogP contribution in [0.2, 0.25) is 5.02 Å². The summed E-state index contributed by atoms with van der Waals surface area (Å²) < 4.78 is 0. The predicted octanol–water partition coefficient (Wildman–Crippen LogP) is 4.62. The molecule has 1 aromatic rings. The summed E-state index contributed by atoms with van der Waals surface area (Å²) in [4.78, 5) is 0. The minimum absolute atomic E-state index is 0.353. The van der Waals surface area contributed by atoms with Gasteiger partial charge in [0.2, 0.25) is 0 Å². The molecule has 1 fully saturated rings. The third-order valence-corrected chi connectivity index (χ3v) is 7.45. The molecule has 4 heteroatoms. The van der Waals surface area contributed by atoms with E-state index in [0.29, 0.717) is 16.5 Å². The van der Waals surface area contributed by atoms with Crippen LogP contribution in [-0.2, 0) is 0 Å². The molecule has 0 radical (unpaired) electrons. The summed E-state index contributed by atoms with van der Waals surface area (Å²) in [5.74, 6) is 1.19. The largest absolute Gasteiger partial charge is 0.309 e. The number of rotatable bonds is 4. The van der Waals surface area contributed by atoms with Gasteiger partial charge in [0, 0.05) is 32.6 Å². The van der Waals surface area contributed by atoms with Crippen LogP contribution in [0.3, 0.4) is 0 Å². The average molecular weight is 316 g/mol. The van der Waals surface area contributed by atoms with Gasteiger partial charge in [-0.15, -0.1) is 0 Å². The minimum Gasteiger partial charge on any atom is -0.309 e. The molecule has 0 aliphatic carbocycles. The van der Waals surface area contributed by atoms with Gasteiger partial charge in [0.1, 0.15) is 0 Å². The van der Waals surface area contributed by atoms with E-state index in [0.717, 1.165) is 16.8 Å².